The van der Waals surface area contributed by atoms with Crippen molar-refractivity contribution >= 4 is 15.9 Å². The van der Waals surface area contributed by atoms with Crippen molar-refractivity contribution in [1.29, 1.82) is 0 Å². The number of hydrogen-bond donors (Lipinski definition) is 1. The predicted octanol–water partition coefficient (Wildman–Crippen LogP) is 2.01. The average Bonchev–Trinajstić information content (AvgIpc) is 2.66. The third kappa shape index (κ3) is 3.31. The van der Waals surface area contributed by atoms with E-state index >= 15 is 0 Å². The van der Waals surface area contributed by atoms with Crippen molar-refractivity contribution in [1.82, 2.24) is 4.90 Å². The van der Waals surface area contributed by atoms with E-state index in [0.29, 0.717) is 19.2 Å². The minimum Gasteiger partial charge on any atom is -0.453 e. The number of nitrogens with zero attached hydrogens (tertiary/aromatic N) is 1. The Morgan fingerprint density at radius 2 is 2.25 bits per heavy atom. The normalized spacial score (nSPS) is 15.4. The van der Waals surface area contributed by atoms with E-state index in [1.165, 1.54) is 0 Å². The Bertz CT molecular complexity index is 317. The lowest BCUT2D eigenvalue weighted by Gasteiger charge is -2.30. The third-order valence-corrected chi connectivity index (χ3v) is 3.17. The van der Waals surface area contributed by atoms with Crippen molar-refractivity contribution in [2.75, 3.05) is 27.3 Å². The summed E-state index contributed by atoms with van der Waals surface area (Å²) in [5, 5.41) is 0. The number of hydrogen-bond acceptors (Lipinski definition) is 4. The zero-order valence-electron chi connectivity index (χ0n) is 9.94. The molecule has 0 aliphatic rings. The van der Waals surface area contributed by atoms with Gasteiger partial charge in [0.05, 0.1) is 12.6 Å². The molecule has 0 aliphatic heterocycles. The molecule has 2 unspecified atom stereocenters. The Labute approximate surface area is 105 Å². The van der Waals surface area contributed by atoms with E-state index in [-0.39, 0.29) is 6.04 Å². The summed E-state index contributed by atoms with van der Waals surface area (Å²) in [6, 6.07) is 4.20. The summed E-state index contributed by atoms with van der Waals surface area (Å²) in [7, 11) is 3.73. The molecule has 2 N–H and O–H groups in total. The molecular weight excluding hydrogens is 272 g/mol. The molecule has 16 heavy (non-hydrogen) atoms. The maximum Gasteiger partial charge on any atom is 0.169 e. The van der Waals surface area contributed by atoms with Gasteiger partial charge in [-0.15, -0.1) is 0 Å². The van der Waals surface area contributed by atoms with Crippen LogP contribution in [-0.4, -0.2) is 38.3 Å². The highest BCUT2D eigenvalue weighted by Crippen LogP contribution is 2.24. The lowest BCUT2D eigenvalue weighted by molar-refractivity contribution is 0.0838. The van der Waals surface area contributed by atoms with Crippen LogP contribution in [0.5, 0.6) is 0 Å². The van der Waals surface area contributed by atoms with Crippen molar-refractivity contribution in [3.63, 3.8) is 0 Å². The van der Waals surface area contributed by atoms with Gasteiger partial charge < -0.3 is 14.9 Å². The van der Waals surface area contributed by atoms with Gasteiger partial charge in [0.2, 0.25) is 0 Å². The smallest absolute Gasteiger partial charge is 0.169 e. The fourth-order valence-corrected chi connectivity index (χ4v) is 1.98. The fraction of sp³-hybridized carbons (Fsp3) is 0.636. The molecule has 1 rings (SSSR count). The summed E-state index contributed by atoms with van der Waals surface area (Å²) < 4.78 is 11.4. The van der Waals surface area contributed by atoms with Gasteiger partial charge in [0.1, 0.15) is 5.76 Å². The predicted molar refractivity (Wildman–Crippen MR) is 67.3 cm³/mol. The number of halogens is 1. The van der Waals surface area contributed by atoms with E-state index in [1.807, 2.05) is 19.2 Å². The summed E-state index contributed by atoms with van der Waals surface area (Å²) in [5.74, 6) is 0.875. The van der Waals surface area contributed by atoms with Crippen molar-refractivity contribution in [2.45, 2.75) is 19.0 Å². The number of methoxy groups -OCH3 is 1. The number of ether oxygens (including phenoxy) is 1. The van der Waals surface area contributed by atoms with Crippen LogP contribution < -0.4 is 5.73 Å². The van der Waals surface area contributed by atoms with Gasteiger partial charge in [0.15, 0.2) is 4.67 Å². The van der Waals surface area contributed by atoms with Crippen molar-refractivity contribution in [2.24, 2.45) is 5.73 Å². The Kier molecular flexibility index (Phi) is 5.48. The Morgan fingerprint density at radius 3 is 2.69 bits per heavy atom. The second-order valence-electron chi connectivity index (χ2n) is 3.86. The summed E-state index contributed by atoms with van der Waals surface area (Å²) in [6.07, 6.45) is 0. The number of rotatable bonds is 6. The van der Waals surface area contributed by atoms with E-state index in [2.05, 4.69) is 27.8 Å². The molecule has 0 fully saturated rings. The largest absolute Gasteiger partial charge is 0.453 e. The van der Waals surface area contributed by atoms with E-state index in [4.69, 9.17) is 14.9 Å². The summed E-state index contributed by atoms with van der Waals surface area (Å²) in [6.45, 7) is 3.30. The molecule has 0 bridgehead atoms. The zero-order valence-corrected chi connectivity index (χ0v) is 11.5. The molecule has 0 amide bonds. The van der Waals surface area contributed by atoms with E-state index in [1.54, 1.807) is 7.11 Å². The SMILES string of the molecule is COCC(C)N(C)C(CN)c1ccc(Br)o1. The minimum absolute atomic E-state index is 0.0800. The Hall–Kier alpha value is -0.360. The Balaban J connectivity index is 2.73. The van der Waals surface area contributed by atoms with Gasteiger partial charge in [-0.25, -0.2) is 0 Å². The van der Waals surface area contributed by atoms with E-state index in [9.17, 15) is 0 Å². The number of furan rings is 1. The summed E-state index contributed by atoms with van der Waals surface area (Å²) >= 11 is 3.30. The molecule has 0 aliphatic carbocycles. The second kappa shape index (κ2) is 6.39. The van der Waals surface area contributed by atoms with Crippen LogP contribution in [0.4, 0.5) is 0 Å². The van der Waals surface area contributed by atoms with Gasteiger partial charge in [-0.2, -0.15) is 0 Å². The quantitative estimate of drug-likeness (QED) is 0.871. The lowest BCUT2D eigenvalue weighted by atomic mass is 10.1. The van der Waals surface area contributed by atoms with Gasteiger partial charge in [-0.3, -0.25) is 4.90 Å². The highest BCUT2D eigenvalue weighted by Gasteiger charge is 2.22. The number of nitrogens with two attached hydrogens (primary N) is 1. The van der Waals surface area contributed by atoms with Crippen molar-refractivity contribution in [3.8, 4) is 0 Å². The second-order valence-corrected chi connectivity index (χ2v) is 4.64. The van der Waals surface area contributed by atoms with Crippen LogP contribution in [0.1, 0.15) is 18.7 Å². The molecule has 92 valence electrons. The zero-order chi connectivity index (χ0) is 12.1. The first-order valence-electron chi connectivity index (χ1n) is 5.26. The first-order chi connectivity index (χ1) is 7.60. The van der Waals surface area contributed by atoms with Gasteiger partial charge in [0.25, 0.3) is 0 Å². The van der Waals surface area contributed by atoms with Crippen molar-refractivity contribution in [3.05, 3.63) is 22.6 Å². The highest BCUT2D eigenvalue weighted by molar-refractivity contribution is 9.10. The monoisotopic (exact) mass is 290 g/mol. The third-order valence-electron chi connectivity index (χ3n) is 2.74. The molecule has 4 nitrogen and oxygen atoms in total. The van der Waals surface area contributed by atoms with Gasteiger partial charge in [0, 0.05) is 19.7 Å². The van der Waals surface area contributed by atoms with Crippen LogP contribution in [0.2, 0.25) is 0 Å². The molecule has 1 aromatic heterocycles. The molecule has 5 heteroatoms. The highest BCUT2D eigenvalue weighted by atomic mass is 79.9. The topological polar surface area (TPSA) is 51.6 Å². The molecular formula is C11H19BrN2O2. The average molecular weight is 291 g/mol. The van der Waals surface area contributed by atoms with Gasteiger partial charge in [-0.05, 0) is 42.0 Å². The maximum absolute atomic E-state index is 5.79. The molecule has 0 aromatic carbocycles. The van der Waals surface area contributed by atoms with Crippen LogP contribution in [0, 0.1) is 0 Å². The number of likely N-dealkylation sites (N-methyl/N-ethyl adjacent to an activating group) is 1. The van der Waals surface area contributed by atoms with Crippen LogP contribution in [-0.2, 0) is 4.74 Å². The Morgan fingerprint density at radius 1 is 1.56 bits per heavy atom. The molecule has 0 saturated heterocycles. The van der Waals surface area contributed by atoms with Gasteiger partial charge in [-0.1, -0.05) is 0 Å². The standard InChI is InChI=1S/C11H19BrN2O2/c1-8(7-15-3)14(2)9(6-13)10-4-5-11(12)16-10/h4-5,8-9H,6-7,13H2,1-3H3. The fourth-order valence-electron chi connectivity index (χ4n) is 1.66. The van der Waals surface area contributed by atoms with E-state index < -0.39 is 0 Å². The van der Waals surface area contributed by atoms with Crippen LogP contribution in [0.25, 0.3) is 0 Å². The molecule has 0 saturated carbocycles. The summed E-state index contributed by atoms with van der Waals surface area (Å²) in [5.41, 5.74) is 5.79. The first kappa shape index (κ1) is 13.7. The first-order valence-corrected chi connectivity index (χ1v) is 6.05. The van der Waals surface area contributed by atoms with Crippen LogP contribution in [0.3, 0.4) is 0 Å². The molecule has 0 spiro atoms. The molecule has 2 atom stereocenters. The van der Waals surface area contributed by atoms with Crippen LogP contribution in [0.15, 0.2) is 21.2 Å². The minimum atomic E-state index is 0.0800. The maximum atomic E-state index is 5.79. The lowest BCUT2D eigenvalue weighted by Crippen LogP contribution is -2.39. The van der Waals surface area contributed by atoms with Crippen molar-refractivity contribution < 1.29 is 9.15 Å². The molecule has 1 aromatic rings. The summed E-state index contributed by atoms with van der Waals surface area (Å²) in [4.78, 5) is 2.16. The van der Waals surface area contributed by atoms with Gasteiger partial charge >= 0.3 is 0 Å². The molecule has 1 heterocycles. The van der Waals surface area contributed by atoms with E-state index in [0.717, 1.165) is 10.4 Å². The molecule has 0 radical (unpaired) electrons. The van der Waals surface area contributed by atoms with Crippen LogP contribution >= 0.6 is 15.9 Å².